The van der Waals surface area contributed by atoms with Gasteiger partial charge in [0, 0.05) is 39.9 Å². The minimum Gasteiger partial charge on any atom is -0.315 e. The number of benzene rings is 5. The molecule has 2 aliphatic heterocycles. The standard InChI is InChI=1S/C50H49BN2/c1-49(2,3)36-28-30-44-40(32-36)51-41-33-37(50(4,5)6)29-31-45(41)53(43-25-16-14-23-39(43)35-20-11-8-12-21-35)47-27-17-26-46(48(47)51)52(44)42-24-15-13-22-38(42)34-18-9-7-10-19-34/h7-16,18-20,22-26,28-33,35H,17,21,27H2,1-6H3. The second kappa shape index (κ2) is 12.7. The average molecular weight is 689 g/mol. The molecule has 2 heterocycles. The summed E-state index contributed by atoms with van der Waals surface area (Å²) in [7, 11) is 0. The average Bonchev–Trinajstić information content (AvgIpc) is 3.17. The molecule has 1 unspecified atom stereocenters. The van der Waals surface area contributed by atoms with Crippen molar-refractivity contribution in [1.29, 1.82) is 0 Å². The first kappa shape index (κ1) is 33.6. The predicted octanol–water partition coefficient (Wildman–Crippen LogP) is 11.9. The van der Waals surface area contributed by atoms with Crippen molar-refractivity contribution in [2.24, 2.45) is 0 Å². The zero-order valence-corrected chi connectivity index (χ0v) is 32.0. The van der Waals surface area contributed by atoms with Gasteiger partial charge in [0.05, 0.1) is 5.69 Å². The number of rotatable bonds is 4. The fraction of sp³-hybridized carbons (Fsp3) is 0.240. The van der Waals surface area contributed by atoms with Gasteiger partial charge in [0.1, 0.15) is 0 Å². The summed E-state index contributed by atoms with van der Waals surface area (Å²) in [6.45, 7) is 14.2. The predicted molar refractivity (Wildman–Crippen MR) is 228 cm³/mol. The monoisotopic (exact) mass is 688 g/mol. The Hall–Kier alpha value is -5.28. The summed E-state index contributed by atoms with van der Waals surface area (Å²) in [5.41, 5.74) is 18.8. The molecule has 0 saturated carbocycles. The minimum atomic E-state index is 0.0133. The molecule has 262 valence electrons. The summed E-state index contributed by atoms with van der Waals surface area (Å²) in [6, 6.07) is 43.8. The Morgan fingerprint density at radius 2 is 1.23 bits per heavy atom. The van der Waals surface area contributed by atoms with Gasteiger partial charge in [-0.25, -0.2) is 0 Å². The number of hydrogen-bond donors (Lipinski definition) is 0. The fourth-order valence-electron chi connectivity index (χ4n) is 9.04. The van der Waals surface area contributed by atoms with Gasteiger partial charge >= 0.3 is 0 Å². The van der Waals surface area contributed by atoms with Crippen LogP contribution in [0.4, 0.5) is 22.7 Å². The van der Waals surface area contributed by atoms with Gasteiger partial charge in [-0.2, -0.15) is 0 Å². The maximum Gasteiger partial charge on any atom is 0.251 e. The Kier molecular flexibility index (Phi) is 8.04. The van der Waals surface area contributed by atoms with E-state index < -0.39 is 0 Å². The van der Waals surface area contributed by atoms with Crippen molar-refractivity contribution in [1.82, 2.24) is 0 Å². The summed E-state index contributed by atoms with van der Waals surface area (Å²) < 4.78 is 0. The molecule has 5 aromatic rings. The molecule has 5 aromatic carbocycles. The summed E-state index contributed by atoms with van der Waals surface area (Å²) in [5, 5.41) is 0. The van der Waals surface area contributed by atoms with E-state index in [0.717, 1.165) is 19.3 Å². The molecule has 0 fully saturated rings. The van der Waals surface area contributed by atoms with Crippen LogP contribution in [0, 0.1) is 0 Å². The third kappa shape index (κ3) is 5.64. The molecule has 53 heavy (non-hydrogen) atoms. The Morgan fingerprint density at radius 3 is 1.89 bits per heavy atom. The van der Waals surface area contributed by atoms with E-state index in [-0.39, 0.29) is 17.5 Å². The lowest BCUT2D eigenvalue weighted by Gasteiger charge is -2.48. The minimum absolute atomic E-state index is 0.0133. The van der Waals surface area contributed by atoms with Crippen molar-refractivity contribution in [3.63, 3.8) is 0 Å². The van der Waals surface area contributed by atoms with Crippen LogP contribution in [0.15, 0.2) is 163 Å². The first-order valence-electron chi connectivity index (χ1n) is 19.5. The molecule has 0 spiro atoms. The van der Waals surface area contributed by atoms with E-state index in [1.807, 2.05) is 0 Å². The first-order valence-corrected chi connectivity index (χ1v) is 19.5. The van der Waals surface area contributed by atoms with Crippen LogP contribution in [0.25, 0.3) is 11.1 Å². The van der Waals surface area contributed by atoms with E-state index in [1.54, 1.807) is 0 Å². The van der Waals surface area contributed by atoms with Crippen molar-refractivity contribution < 1.29 is 0 Å². The number of nitrogens with zero attached hydrogens (tertiary/aromatic N) is 2. The molecule has 0 saturated heterocycles. The number of para-hydroxylation sites is 2. The summed E-state index contributed by atoms with van der Waals surface area (Å²) >= 11 is 0. The normalized spacial score (nSPS) is 17.7. The number of allylic oxidation sites excluding steroid dienone is 7. The van der Waals surface area contributed by atoms with Gasteiger partial charge < -0.3 is 9.80 Å². The quantitative estimate of drug-likeness (QED) is 0.173. The third-order valence-electron chi connectivity index (χ3n) is 11.8. The molecule has 0 N–H and O–H groups in total. The van der Waals surface area contributed by atoms with Crippen molar-refractivity contribution in [3.05, 3.63) is 179 Å². The van der Waals surface area contributed by atoms with Gasteiger partial charge in [-0.15, -0.1) is 0 Å². The van der Waals surface area contributed by atoms with Crippen molar-refractivity contribution in [2.45, 2.75) is 77.6 Å². The maximum absolute atomic E-state index is 2.67. The smallest absolute Gasteiger partial charge is 0.251 e. The Labute approximate surface area is 317 Å². The largest absolute Gasteiger partial charge is 0.315 e. The molecule has 0 aromatic heterocycles. The zero-order chi connectivity index (χ0) is 36.5. The van der Waals surface area contributed by atoms with Crippen molar-refractivity contribution in [3.8, 4) is 11.1 Å². The molecule has 0 bridgehead atoms. The SMILES string of the molecule is CC(C)(C)c1ccc2c(c1)B1C3=C(CCC=C3N2c2ccccc2-c2ccccc2)N(c2ccccc2C2C=CC=CC2)c2ccc(C(C)(C)C)cc21. The van der Waals surface area contributed by atoms with Crippen LogP contribution in [0.2, 0.25) is 0 Å². The molecule has 1 atom stereocenters. The molecule has 4 aliphatic rings. The lowest BCUT2D eigenvalue weighted by Crippen LogP contribution is -2.57. The van der Waals surface area contributed by atoms with E-state index in [0.29, 0.717) is 5.92 Å². The fourth-order valence-corrected chi connectivity index (χ4v) is 9.04. The van der Waals surface area contributed by atoms with Gasteiger partial charge in [-0.05, 0) is 93.0 Å². The highest BCUT2D eigenvalue weighted by Crippen LogP contribution is 2.51. The van der Waals surface area contributed by atoms with E-state index in [2.05, 4.69) is 197 Å². The van der Waals surface area contributed by atoms with Crippen LogP contribution < -0.4 is 20.7 Å². The van der Waals surface area contributed by atoms with Gasteiger partial charge in [0.2, 0.25) is 0 Å². The summed E-state index contributed by atoms with van der Waals surface area (Å²) in [4.78, 5) is 5.27. The Morgan fingerprint density at radius 1 is 0.604 bits per heavy atom. The number of anilines is 4. The number of fused-ring (bicyclic) bond motifs is 4. The third-order valence-corrected chi connectivity index (χ3v) is 11.8. The van der Waals surface area contributed by atoms with Crippen LogP contribution in [0.1, 0.15) is 83.4 Å². The van der Waals surface area contributed by atoms with Gasteiger partial charge in [0.25, 0.3) is 6.71 Å². The molecule has 0 radical (unpaired) electrons. The zero-order valence-electron chi connectivity index (χ0n) is 32.0. The molecular formula is C50H49BN2. The Balaban J connectivity index is 1.37. The highest BCUT2D eigenvalue weighted by atomic mass is 15.2. The lowest BCUT2D eigenvalue weighted by atomic mass is 9.31. The molecule has 2 nitrogen and oxygen atoms in total. The topological polar surface area (TPSA) is 6.48 Å². The molecule has 0 amide bonds. The van der Waals surface area contributed by atoms with Crippen LogP contribution in [-0.2, 0) is 10.8 Å². The van der Waals surface area contributed by atoms with E-state index >= 15 is 0 Å². The summed E-state index contributed by atoms with van der Waals surface area (Å²) in [6.07, 6.45) is 14.6. The maximum atomic E-state index is 2.67. The van der Waals surface area contributed by atoms with Crippen molar-refractivity contribution in [2.75, 3.05) is 9.80 Å². The highest BCUT2D eigenvalue weighted by Gasteiger charge is 2.47. The van der Waals surface area contributed by atoms with Crippen molar-refractivity contribution >= 4 is 40.4 Å². The van der Waals surface area contributed by atoms with E-state index in [9.17, 15) is 0 Å². The Bertz CT molecular complexity index is 2360. The number of hydrogen-bond acceptors (Lipinski definition) is 2. The molecular weight excluding hydrogens is 639 g/mol. The second-order valence-corrected chi connectivity index (χ2v) is 17.2. The lowest BCUT2D eigenvalue weighted by molar-refractivity contribution is 0.590. The highest BCUT2D eigenvalue weighted by molar-refractivity contribution is 6.94. The van der Waals surface area contributed by atoms with Crippen LogP contribution >= 0.6 is 0 Å². The molecule has 9 rings (SSSR count). The first-order chi connectivity index (χ1) is 25.6. The summed E-state index contributed by atoms with van der Waals surface area (Å²) in [5.74, 6) is 0.339. The van der Waals surface area contributed by atoms with Crippen LogP contribution in [0.5, 0.6) is 0 Å². The van der Waals surface area contributed by atoms with Crippen LogP contribution in [0.3, 0.4) is 0 Å². The second-order valence-electron chi connectivity index (χ2n) is 17.2. The van der Waals surface area contributed by atoms with Gasteiger partial charge in [-0.1, -0.05) is 163 Å². The van der Waals surface area contributed by atoms with E-state index in [4.69, 9.17) is 0 Å². The molecule has 2 aliphatic carbocycles. The van der Waals surface area contributed by atoms with Crippen LogP contribution in [-0.4, -0.2) is 6.71 Å². The molecule has 3 heteroatoms. The van der Waals surface area contributed by atoms with Gasteiger partial charge in [-0.3, -0.25) is 0 Å². The van der Waals surface area contributed by atoms with E-state index in [1.165, 1.54) is 78.4 Å². The van der Waals surface area contributed by atoms with Gasteiger partial charge in [0.15, 0.2) is 0 Å².